The molecule has 0 aliphatic rings. The van der Waals surface area contributed by atoms with Gasteiger partial charge in [0.05, 0.1) is 6.54 Å². The smallest absolute Gasteiger partial charge is 0.322 e. The van der Waals surface area contributed by atoms with Gasteiger partial charge in [-0.1, -0.05) is 36.4 Å². The van der Waals surface area contributed by atoms with Gasteiger partial charge < -0.3 is 16.2 Å². The first-order chi connectivity index (χ1) is 11.5. The van der Waals surface area contributed by atoms with Crippen LogP contribution in [0.1, 0.15) is 15.9 Å². The summed E-state index contributed by atoms with van der Waals surface area (Å²) < 4.78 is 0. The topological polar surface area (TPSA) is 113 Å². The average Bonchev–Trinajstić information content (AvgIpc) is 2.58. The van der Waals surface area contributed by atoms with Gasteiger partial charge in [0.25, 0.3) is 5.91 Å². The number of amides is 3. The fourth-order valence-corrected chi connectivity index (χ4v) is 2.14. The molecule has 124 valence electrons. The molecule has 24 heavy (non-hydrogen) atoms. The van der Waals surface area contributed by atoms with E-state index < -0.39 is 24.5 Å². The van der Waals surface area contributed by atoms with Gasteiger partial charge in [0, 0.05) is 11.3 Å². The lowest BCUT2D eigenvalue weighted by Gasteiger charge is -2.21. The predicted octanol–water partition coefficient (Wildman–Crippen LogP) is 1.59. The number of urea groups is 1. The number of carboxylic acid groups (broad SMARTS) is 1. The number of carbonyl (C=O) groups is 3. The number of nitrogens with zero attached hydrogens (tertiary/aromatic N) is 1. The van der Waals surface area contributed by atoms with Crippen molar-refractivity contribution >= 4 is 23.6 Å². The van der Waals surface area contributed by atoms with Crippen LogP contribution in [0.25, 0.3) is 0 Å². The first-order valence-electron chi connectivity index (χ1n) is 7.18. The largest absolute Gasteiger partial charge is 0.480 e. The first-order valence-corrected chi connectivity index (χ1v) is 7.18. The second-order valence-electron chi connectivity index (χ2n) is 5.04. The molecule has 0 saturated heterocycles. The highest BCUT2D eigenvalue weighted by molar-refractivity contribution is 5.98. The van der Waals surface area contributed by atoms with Crippen LogP contribution in [0.2, 0.25) is 0 Å². The number of hydrogen-bond donors (Lipinski definition) is 3. The molecule has 7 heteroatoms. The second-order valence-corrected chi connectivity index (χ2v) is 5.04. The number of nitrogens with one attached hydrogen (secondary N) is 1. The summed E-state index contributed by atoms with van der Waals surface area (Å²) in [6.45, 7) is -0.219. The van der Waals surface area contributed by atoms with E-state index in [2.05, 4.69) is 5.32 Å². The minimum Gasteiger partial charge on any atom is -0.480 e. The maximum absolute atomic E-state index is 11.9. The van der Waals surface area contributed by atoms with Crippen molar-refractivity contribution in [3.63, 3.8) is 0 Å². The van der Waals surface area contributed by atoms with Gasteiger partial charge in [0.15, 0.2) is 0 Å². The molecule has 0 bridgehead atoms. The molecule has 2 aromatic rings. The van der Waals surface area contributed by atoms with Gasteiger partial charge in [-0.05, 0) is 23.8 Å². The highest BCUT2D eigenvalue weighted by Gasteiger charge is 2.15. The van der Waals surface area contributed by atoms with Crippen molar-refractivity contribution in [3.05, 3.63) is 65.7 Å². The number of carbonyl (C=O) groups excluding carboxylic acids is 2. The van der Waals surface area contributed by atoms with E-state index in [0.717, 1.165) is 5.56 Å². The lowest BCUT2D eigenvalue weighted by atomic mass is 10.1. The Morgan fingerprint density at radius 3 is 2.38 bits per heavy atom. The van der Waals surface area contributed by atoms with Crippen LogP contribution in [0.5, 0.6) is 0 Å². The van der Waals surface area contributed by atoms with Crippen molar-refractivity contribution in [2.45, 2.75) is 6.54 Å². The lowest BCUT2D eigenvalue weighted by molar-refractivity contribution is -0.135. The Bertz CT molecular complexity index is 747. The van der Waals surface area contributed by atoms with Crippen LogP contribution in [0.4, 0.5) is 10.5 Å². The highest BCUT2D eigenvalue weighted by atomic mass is 16.4. The molecule has 0 fully saturated rings. The number of primary amides is 1. The molecule has 2 aromatic carbocycles. The van der Waals surface area contributed by atoms with Crippen molar-refractivity contribution in [1.29, 1.82) is 0 Å². The average molecular weight is 327 g/mol. The Hall–Kier alpha value is -3.35. The third-order valence-electron chi connectivity index (χ3n) is 3.27. The van der Waals surface area contributed by atoms with Crippen LogP contribution in [-0.2, 0) is 11.3 Å². The summed E-state index contributed by atoms with van der Waals surface area (Å²) in [5.74, 6) is -1.68. The maximum atomic E-state index is 11.9. The number of aliphatic carboxylic acids is 1. The Kier molecular flexibility index (Phi) is 5.51. The van der Waals surface area contributed by atoms with Crippen LogP contribution in [0.15, 0.2) is 54.6 Å². The lowest BCUT2D eigenvalue weighted by Crippen LogP contribution is -2.35. The van der Waals surface area contributed by atoms with Gasteiger partial charge in [-0.15, -0.1) is 0 Å². The molecule has 7 nitrogen and oxygen atoms in total. The van der Waals surface area contributed by atoms with Gasteiger partial charge in [0.2, 0.25) is 0 Å². The van der Waals surface area contributed by atoms with Crippen molar-refractivity contribution in [2.24, 2.45) is 5.73 Å². The molecule has 0 radical (unpaired) electrons. The van der Waals surface area contributed by atoms with E-state index in [1.54, 1.807) is 12.1 Å². The van der Waals surface area contributed by atoms with Gasteiger partial charge in [-0.25, -0.2) is 4.79 Å². The molecule has 0 saturated carbocycles. The van der Waals surface area contributed by atoms with E-state index in [0.29, 0.717) is 5.69 Å². The summed E-state index contributed by atoms with van der Waals surface area (Å²) in [5.41, 5.74) is 7.03. The van der Waals surface area contributed by atoms with Crippen molar-refractivity contribution in [1.82, 2.24) is 5.32 Å². The Balaban J connectivity index is 2.21. The van der Waals surface area contributed by atoms with E-state index in [9.17, 15) is 14.4 Å². The van der Waals surface area contributed by atoms with Crippen molar-refractivity contribution in [2.75, 3.05) is 11.4 Å². The second kappa shape index (κ2) is 7.77. The molecule has 0 heterocycles. The summed E-state index contributed by atoms with van der Waals surface area (Å²) in [4.78, 5) is 35.6. The molecule has 0 aliphatic heterocycles. The third-order valence-corrected chi connectivity index (χ3v) is 3.27. The van der Waals surface area contributed by atoms with Crippen LogP contribution in [-0.4, -0.2) is 29.6 Å². The van der Waals surface area contributed by atoms with E-state index in [-0.39, 0.29) is 12.1 Å². The zero-order valence-electron chi connectivity index (χ0n) is 12.8. The third kappa shape index (κ3) is 4.57. The minimum atomic E-state index is -1.14. The zero-order valence-corrected chi connectivity index (χ0v) is 12.8. The summed E-state index contributed by atoms with van der Waals surface area (Å²) in [7, 11) is 0. The van der Waals surface area contributed by atoms with Gasteiger partial charge in [0.1, 0.15) is 6.54 Å². The molecule has 3 amide bonds. The Morgan fingerprint density at radius 1 is 1.04 bits per heavy atom. The van der Waals surface area contributed by atoms with Gasteiger partial charge >= 0.3 is 12.0 Å². The SMILES string of the molecule is NC(=O)N(Cc1ccccc1)c1cccc(C(=O)NCC(=O)O)c1. The van der Waals surface area contributed by atoms with E-state index in [4.69, 9.17) is 10.8 Å². The Labute approximate surface area is 138 Å². The fourth-order valence-electron chi connectivity index (χ4n) is 2.14. The van der Waals surface area contributed by atoms with Crippen LogP contribution in [0.3, 0.4) is 0 Å². The number of benzene rings is 2. The van der Waals surface area contributed by atoms with Crippen molar-refractivity contribution in [3.8, 4) is 0 Å². The highest BCUT2D eigenvalue weighted by Crippen LogP contribution is 2.19. The summed E-state index contributed by atoms with van der Waals surface area (Å²) >= 11 is 0. The standard InChI is InChI=1S/C17H17N3O4/c18-17(24)20(11-12-5-2-1-3-6-12)14-8-4-7-13(9-14)16(23)19-10-15(21)22/h1-9H,10-11H2,(H2,18,24)(H,19,23)(H,21,22). The fraction of sp³-hybridized carbons (Fsp3) is 0.118. The van der Waals surface area contributed by atoms with Crippen LogP contribution >= 0.6 is 0 Å². The normalized spacial score (nSPS) is 10.0. The molecular weight excluding hydrogens is 310 g/mol. The molecule has 0 atom stereocenters. The minimum absolute atomic E-state index is 0.244. The summed E-state index contributed by atoms with van der Waals surface area (Å²) in [6, 6.07) is 14.9. The monoisotopic (exact) mass is 327 g/mol. The molecule has 0 aromatic heterocycles. The molecule has 4 N–H and O–H groups in total. The maximum Gasteiger partial charge on any atom is 0.322 e. The number of hydrogen-bond acceptors (Lipinski definition) is 3. The molecule has 2 rings (SSSR count). The van der Waals surface area contributed by atoms with Gasteiger partial charge in [-0.2, -0.15) is 0 Å². The first kappa shape index (κ1) is 17.0. The van der Waals surface area contributed by atoms with E-state index >= 15 is 0 Å². The summed E-state index contributed by atoms with van der Waals surface area (Å²) in [5, 5.41) is 10.9. The predicted molar refractivity (Wildman–Crippen MR) is 88.6 cm³/mol. The number of rotatable bonds is 6. The molecular formula is C17H17N3O4. The quantitative estimate of drug-likeness (QED) is 0.747. The number of anilines is 1. The molecule has 0 unspecified atom stereocenters. The van der Waals surface area contributed by atoms with E-state index in [1.807, 2.05) is 30.3 Å². The van der Waals surface area contributed by atoms with Gasteiger partial charge in [-0.3, -0.25) is 14.5 Å². The molecule has 0 spiro atoms. The number of nitrogens with two attached hydrogens (primary N) is 1. The van der Waals surface area contributed by atoms with E-state index in [1.165, 1.54) is 17.0 Å². The van der Waals surface area contributed by atoms with Crippen LogP contribution < -0.4 is 16.0 Å². The van der Waals surface area contributed by atoms with Crippen molar-refractivity contribution < 1.29 is 19.5 Å². The van der Waals surface area contributed by atoms with Crippen LogP contribution in [0, 0.1) is 0 Å². The zero-order chi connectivity index (χ0) is 17.5. The number of carboxylic acids is 1. The Morgan fingerprint density at radius 2 is 1.75 bits per heavy atom. The summed E-state index contributed by atoms with van der Waals surface area (Å²) in [6.07, 6.45) is 0. The molecule has 0 aliphatic carbocycles.